The zero-order chi connectivity index (χ0) is 15.4. The first-order chi connectivity index (χ1) is 10.7. The second-order valence-corrected chi connectivity index (χ2v) is 6.28. The van der Waals surface area contributed by atoms with Crippen LogP contribution in [-0.2, 0) is 6.42 Å². The van der Waals surface area contributed by atoms with E-state index in [1.165, 1.54) is 10.4 Å². The minimum atomic E-state index is 0.0111. The van der Waals surface area contributed by atoms with E-state index < -0.39 is 0 Å². The third-order valence-corrected chi connectivity index (χ3v) is 4.52. The number of hydrogen-bond donors (Lipinski definition) is 1. The van der Waals surface area contributed by atoms with Crippen molar-refractivity contribution in [2.24, 2.45) is 0 Å². The van der Waals surface area contributed by atoms with E-state index in [0.717, 1.165) is 6.42 Å². The zero-order valence-corrected chi connectivity index (χ0v) is 13.5. The lowest BCUT2D eigenvalue weighted by atomic mass is 10.0. The van der Waals surface area contributed by atoms with Crippen molar-refractivity contribution in [2.75, 3.05) is 0 Å². The highest BCUT2D eigenvalue weighted by Gasteiger charge is 2.20. The van der Waals surface area contributed by atoms with Crippen LogP contribution in [0.25, 0.3) is 0 Å². The van der Waals surface area contributed by atoms with Crippen molar-refractivity contribution < 1.29 is 4.42 Å². The lowest BCUT2D eigenvalue weighted by Crippen LogP contribution is -2.26. The monoisotopic (exact) mass is 313 g/mol. The Kier molecular flexibility index (Phi) is 4.65. The fourth-order valence-electron chi connectivity index (χ4n) is 2.44. The molecule has 0 aliphatic heterocycles. The van der Waals surface area contributed by atoms with Gasteiger partial charge in [0.15, 0.2) is 0 Å². The molecule has 2 atom stereocenters. The number of aromatic nitrogens is 2. The van der Waals surface area contributed by atoms with Crippen molar-refractivity contribution in [3.05, 3.63) is 70.1 Å². The van der Waals surface area contributed by atoms with Crippen LogP contribution >= 0.6 is 11.3 Å². The molecular formula is C17H19N3OS. The van der Waals surface area contributed by atoms with Gasteiger partial charge in [-0.3, -0.25) is 5.32 Å². The van der Waals surface area contributed by atoms with E-state index in [2.05, 4.69) is 64.2 Å². The quantitative estimate of drug-likeness (QED) is 0.745. The van der Waals surface area contributed by atoms with Crippen LogP contribution in [0.3, 0.4) is 0 Å². The molecule has 0 radical (unpaired) electrons. The molecule has 2 aromatic heterocycles. The van der Waals surface area contributed by atoms with Gasteiger partial charge in [-0.2, -0.15) is 0 Å². The van der Waals surface area contributed by atoms with Gasteiger partial charge in [-0.15, -0.1) is 21.5 Å². The maximum absolute atomic E-state index is 5.53. The Labute approximate surface area is 134 Å². The molecule has 3 rings (SSSR count). The lowest BCUT2D eigenvalue weighted by Gasteiger charge is -2.21. The smallest absolute Gasteiger partial charge is 0.233 e. The summed E-state index contributed by atoms with van der Waals surface area (Å²) in [6, 6.07) is 15.0. The van der Waals surface area contributed by atoms with Crippen molar-refractivity contribution in [2.45, 2.75) is 32.4 Å². The molecule has 3 aromatic rings. The normalized spacial score (nSPS) is 13.9. The molecule has 1 aromatic carbocycles. The largest absolute Gasteiger partial charge is 0.424 e. The van der Waals surface area contributed by atoms with E-state index in [1.54, 1.807) is 11.3 Å². The fourth-order valence-corrected chi connectivity index (χ4v) is 3.23. The number of thiophene rings is 1. The summed E-state index contributed by atoms with van der Waals surface area (Å²) in [5.41, 5.74) is 1.31. The van der Waals surface area contributed by atoms with Crippen LogP contribution in [0.15, 0.2) is 52.3 Å². The molecule has 0 unspecified atom stereocenters. The third-order valence-electron chi connectivity index (χ3n) is 3.53. The number of nitrogens with zero attached hydrogens (tertiary/aromatic N) is 2. The molecule has 0 aliphatic carbocycles. The standard InChI is InChI=1S/C17H19N3OS/c1-12(17-20-19-13(2)21-17)18-15(16-9-6-10-22-16)11-14-7-4-3-5-8-14/h3-10,12,15,18H,11H2,1-2H3/t12-,15-/m1/s1. The van der Waals surface area contributed by atoms with E-state index in [0.29, 0.717) is 11.8 Å². The predicted molar refractivity (Wildman–Crippen MR) is 87.8 cm³/mol. The van der Waals surface area contributed by atoms with Gasteiger partial charge in [-0.05, 0) is 30.4 Å². The van der Waals surface area contributed by atoms with Gasteiger partial charge in [-0.1, -0.05) is 36.4 Å². The average Bonchev–Trinajstić information content (AvgIpc) is 3.19. The summed E-state index contributed by atoms with van der Waals surface area (Å²) in [7, 11) is 0. The molecule has 0 aliphatic rings. The Morgan fingerprint density at radius 2 is 1.95 bits per heavy atom. The summed E-state index contributed by atoms with van der Waals surface area (Å²) in [6.45, 7) is 3.86. The van der Waals surface area contributed by atoms with Crippen molar-refractivity contribution >= 4 is 11.3 Å². The molecule has 0 bridgehead atoms. The van der Waals surface area contributed by atoms with Gasteiger partial charge in [0, 0.05) is 17.8 Å². The van der Waals surface area contributed by atoms with Gasteiger partial charge in [0.1, 0.15) is 0 Å². The SMILES string of the molecule is Cc1nnc([C@@H](C)N[C@H](Cc2ccccc2)c2cccs2)o1. The highest BCUT2D eigenvalue weighted by Crippen LogP contribution is 2.26. The summed E-state index contributed by atoms with van der Waals surface area (Å²) in [6.07, 6.45) is 0.929. The predicted octanol–water partition coefficient (Wildman–Crippen LogP) is 4.07. The molecule has 0 fully saturated rings. The molecular weight excluding hydrogens is 294 g/mol. The molecule has 0 saturated carbocycles. The molecule has 22 heavy (non-hydrogen) atoms. The Morgan fingerprint density at radius 3 is 2.59 bits per heavy atom. The van der Waals surface area contributed by atoms with Crippen molar-refractivity contribution in [3.8, 4) is 0 Å². The first-order valence-electron chi connectivity index (χ1n) is 7.36. The van der Waals surface area contributed by atoms with Crippen LogP contribution in [-0.4, -0.2) is 10.2 Å². The Morgan fingerprint density at radius 1 is 1.14 bits per heavy atom. The van der Waals surface area contributed by atoms with Gasteiger partial charge in [0.05, 0.1) is 6.04 Å². The number of benzene rings is 1. The van der Waals surface area contributed by atoms with E-state index in [4.69, 9.17) is 4.42 Å². The maximum Gasteiger partial charge on any atom is 0.233 e. The summed E-state index contributed by atoms with van der Waals surface area (Å²) in [5, 5.41) is 13.7. The zero-order valence-electron chi connectivity index (χ0n) is 12.7. The van der Waals surface area contributed by atoms with Crippen molar-refractivity contribution in [3.63, 3.8) is 0 Å². The molecule has 0 spiro atoms. The summed E-state index contributed by atoms with van der Waals surface area (Å²) >= 11 is 1.76. The molecule has 0 saturated heterocycles. The number of nitrogens with one attached hydrogen (secondary N) is 1. The summed E-state index contributed by atoms with van der Waals surface area (Å²) in [4.78, 5) is 1.31. The van der Waals surface area contributed by atoms with E-state index in [9.17, 15) is 0 Å². The van der Waals surface area contributed by atoms with E-state index in [1.807, 2.05) is 13.0 Å². The molecule has 5 heteroatoms. The third kappa shape index (κ3) is 3.61. The molecule has 2 heterocycles. The first-order valence-corrected chi connectivity index (χ1v) is 8.23. The van der Waals surface area contributed by atoms with Gasteiger partial charge < -0.3 is 4.42 Å². The minimum Gasteiger partial charge on any atom is -0.424 e. The van der Waals surface area contributed by atoms with Gasteiger partial charge in [-0.25, -0.2) is 0 Å². The van der Waals surface area contributed by atoms with Gasteiger partial charge in [0.2, 0.25) is 11.8 Å². The van der Waals surface area contributed by atoms with Crippen molar-refractivity contribution in [1.82, 2.24) is 15.5 Å². The van der Waals surface area contributed by atoms with Crippen LogP contribution < -0.4 is 5.32 Å². The highest BCUT2D eigenvalue weighted by molar-refractivity contribution is 7.10. The molecule has 0 amide bonds. The second kappa shape index (κ2) is 6.85. The Bertz CT molecular complexity index is 694. The van der Waals surface area contributed by atoms with Crippen LogP contribution in [0, 0.1) is 6.92 Å². The van der Waals surface area contributed by atoms with Crippen LogP contribution in [0.5, 0.6) is 0 Å². The Hall–Kier alpha value is -1.98. The average molecular weight is 313 g/mol. The highest BCUT2D eigenvalue weighted by atomic mass is 32.1. The molecule has 114 valence electrons. The summed E-state index contributed by atoms with van der Waals surface area (Å²) in [5.74, 6) is 1.23. The topological polar surface area (TPSA) is 51.0 Å². The van der Waals surface area contributed by atoms with Crippen molar-refractivity contribution in [1.29, 1.82) is 0 Å². The first kappa shape index (κ1) is 14.9. The van der Waals surface area contributed by atoms with Crippen LogP contribution in [0.1, 0.15) is 41.2 Å². The minimum absolute atomic E-state index is 0.0111. The maximum atomic E-state index is 5.53. The number of hydrogen-bond acceptors (Lipinski definition) is 5. The number of rotatable bonds is 6. The van der Waals surface area contributed by atoms with Crippen LogP contribution in [0.4, 0.5) is 0 Å². The number of aryl methyl sites for hydroxylation is 1. The van der Waals surface area contributed by atoms with E-state index >= 15 is 0 Å². The van der Waals surface area contributed by atoms with Gasteiger partial charge in [0.25, 0.3) is 0 Å². The second-order valence-electron chi connectivity index (χ2n) is 5.31. The molecule has 1 N–H and O–H groups in total. The summed E-state index contributed by atoms with van der Waals surface area (Å²) < 4.78 is 5.53. The van der Waals surface area contributed by atoms with Gasteiger partial charge >= 0.3 is 0 Å². The van der Waals surface area contributed by atoms with E-state index in [-0.39, 0.29) is 12.1 Å². The van der Waals surface area contributed by atoms with Crippen LogP contribution in [0.2, 0.25) is 0 Å². The molecule has 4 nitrogen and oxygen atoms in total. The fraction of sp³-hybridized carbons (Fsp3) is 0.294. The Balaban J connectivity index is 1.77. The lowest BCUT2D eigenvalue weighted by molar-refractivity contribution is 0.372.